The molecule has 12 heteroatoms. The molecule has 0 fully saturated rings. The van der Waals surface area contributed by atoms with Crippen LogP contribution in [0.15, 0.2) is 72.0 Å². The number of rotatable bonds is 8. The lowest BCUT2D eigenvalue weighted by molar-refractivity contribution is -0.275. The molecule has 1 N–H and O–H groups in total. The summed E-state index contributed by atoms with van der Waals surface area (Å²) in [7, 11) is 1.23. The van der Waals surface area contributed by atoms with E-state index in [1.54, 1.807) is 49.4 Å². The van der Waals surface area contributed by atoms with Crippen LogP contribution in [0, 0.1) is 0 Å². The highest BCUT2D eigenvalue weighted by Gasteiger charge is 2.34. The van der Waals surface area contributed by atoms with E-state index in [0.717, 1.165) is 11.1 Å². The fourth-order valence-corrected chi connectivity index (χ4v) is 3.69. The van der Waals surface area contributed by atoms with Crippen molar-refractivity contribution >= 4 is 23.4 Å². The normalized spacial score (nSPS) is 15.4. The number of hydrogen-bond acceptors (Lipinski definition) is 7. The van der Waals surface area contributed by atoms with E-state index in [2.05, 4.69) is 20.1 Å². The van der Waals surface area contributed by atoms with Crippen LogP contribution in [0.5, 0.6) is 11.5 Å². The molecule has 198 valence electrons. The number of hydrazone groups is 1. The Kier molecular flexibility index (Phi) is 7.79. The number of alkyl halides is 3. The minimum atomic E-state index is -4.92. The first kappa shape index (κ1) is 26.5. The number of halogens is 3. The summed E-state index contributed by atoms with van der Waals surface area (Å²) < 4.78 is 53.3. The molecule has 1 atom stereocenters. The van der Waals surface area contributed by atoms with Gasteiger partial charge in [0.05, 0.1) is 13.7 Å². The van der Waals surface area contributed by atoms with Crippen LogP contribution in [0.2, 0.25) is 0 Å². The number of pyridine rings is 1. The van der Waals surface area contributed by atoms with Crippen LogP contribution in [0.1, 0.15) is 35.0 Å². The molecule has 0 radical (unpaired) electrons. The maximum Gasteiger partial charge on any atom is 0.573 e. The SMILES string of the molecule is CCC1OC(=O)N(Cc2ccc(NC(=O)c3ccccn3)cc2)N=C1c1ccc(OC)c(OC(F)(F)F)c1. The van der Waals surface area contributed by atoms with E-state index in [-0.39, 0.29) is 35.2 Å². The van der Waals surface area contributed by atoms with E-state index in [9.17, 15) is 22.8 Å². The Hall–Kier alpha value is -4.61. The van der Waals surface area contributed by atoms with Crippen LogP contribution in [0.4, 0.5) is 23.7 Å². The Morgan fingerprint density at radius 2 is 1.87 bits per heavy atom. The summed E-state index contributed by atoms with van der Waals surface area (Å²) in [6.07, 6.45) is -4.52. The van der Waals surface area contributed by atoms with Crippen LogP contribution in [0.25, 0.3) is 0 Å². The summed E-state index contributed by atoms with van der Waals surface area (Å²) in [6.45, 7) is 1.78. The number of ether oxygens (including phenoxy) is 3. The number of hydrogen-bond donors (Lipinski definition) is 1. The van der Waals surface area contributed by atoms with Crippen LogP contribution in [0.3, 0.4) is 0 Å². The summed E-state index contributed by atoms with van der Waals surface area (Å²) in [5.41, 5.74) is 2.01. The third-order valence-corrected chi connectivity index (χ3v) is 5.48. The maximum atomic E-state index is 12.9. The highest BCUT2D eigenvalue weighted by Crippen LogP contribution is 2.34. The molecule has 1 aromatic heterocycles. The number of carbonyl (C=O) groups excluding carboxylic acids is 2. The largest absolute Gasteiger partial charge is 0.573 e. The van der Waals surface area contributed by atoms with Gasteiger partial charge in [-0.2, -0.15) is 10.1 Å². The predicted octanol–water partition coefficient (Wildman–Crippen LogP) is 5.38. The molecular formula is C26H23F3N4O5. The Balaban J connectivity index is 1.54. The summed E-state index contributed by atoms with van der Waals surface area (Å²) in [5.74, 6) is -1.02. The van der Waals surface area contributed by atoms with Gasteiger partial charge in [-0.25, -0.2) is 4.79 Å². The highest BCUT2D eigenvalue weighted by molar-refractivity contribution is 6.06. The molecule has 0 saturated carbocycles. The molecule has 1 unspecified atom stereocenters. The molecule has 2 amide bonds. The average molecular weight is 528 g/mol. The van der Waals surface area contributed by atoms with E-state index in [4.69, 9.17) is 9.47 Å². The molecule has 0 bridgehead atoms. The van der Waals surface area contributed by atoms with Gasteiger partial charge in [0.15, 0.2) is 11.5 Å². The minimum Gasteiger partial charge on any atom is -0.493 e. The first-order chi connectivity index (χ1) is 18.2. The zero-order valence-electron chi connectivity index (χ0n) is 20.4. The summed E-state index contributed by atoms with van der Waals surface area (Å²) in [6, 6.07) is 15.7. The molecule has 2 heterocycles. The van der Waals surface area contributed by atoms with Crippen molar-refractivity contribution in [1.82, 2.24) is 9.99 Å². The van der Waals surface area contributed by atoms with Crippen LogP contribution < -0.4 is 14.8 Å². The van der Waals surface area contributed by atoms with Crippen molar-refractivity contribution in [3.05, 3.63) is 83.7 Å². The van der Waals surface area contributed by atoms with E-state index < -0.39 is 24.3 Å². The minimum absolute atomic E-state index is 0.0231. The van der Waals surface area contributed by atoms with Gasteiger partial charge in [0.25, 0.3) is 5.91 Å². The van der Waals surface area contributed by atoms with Crippen molar-refractivity contribution < 1.29 is 37.0 Å². The molecule has 1 aliphatic rings. The quantitative estimate of drug-likeness (QED) is 0.422. The molecule has 2 aromatic carbocycles. The fraction of sp³-hybridized carbons (Fsp3) is 0.231. The number of amides is 2. The molecular weight excluding hydrogens is 505 g/mol. The highest BCUT2D eigenvalue weighted by atomic mass is 19.4. The van der Waals surface area contributed by atoms with Crippen molar-refractivity contribution in [2.45, 2.75) is 32.4 Å². The molecule has 9 nitrogen and oxygen atoms in total. The van der Waals surface area contributed by atoms with E-state index >= 15 is 0 Å². The number of anilines is 1. The third kappa shape index (κ3) is 6.38. The number of aromatic nitrogens is 1. The van der Waals surface area contributed by atoms with Gasteiger partial charge in [-0.15, -0.1) is 13.2 Å². The lowest BCUT2D eigenvalue weighted by Gasteiger charge is -2.29. The lowest BCUT2D eigenvalue weighted by atomic mass is 10.0. The number of nitrogens with one attached hydrogen (secondary N) is 1. The van der Waals surface area contributed by atoms with Gasteiger partial charge in [0.2, 0.25) is 0 Å². The molecule has 0 spiro atoms. The lowest BCUT2D eigenvalue weighted by Crippen LogP contribution is -2.41. The van der Waals surface area contributed by atoms with Gasteiger partial charge in [0.1, 0.15) is 17.5 Å². The molecule has 0 saturated heterocycles. The second-order valence-corrected chi connectivity index (χ2v) is 8.10. The van der Waals surface area contributed by atoms with E-state index in [0.29, 0.717) is 17.7 Å². The smallest absolute Gasteiger partial charge is 0.493 e. The summed E-state index contributed by atoms with van der Waals surface area (Å²) in [5, 5.41) is 8.22. The monoisotopic (exact) mass is 528 g/mol. The van der Waals surface area contributed by atoms with Gasteiger partial charge in [-0.3, -0.25) is 9.78 Å². The van der Waals surface area contributed by atoms with E-state index in [1.165, 1.54) is 25.4 Å². The van der Waals surface area contributed by atoms with Gasteiger partial charge in [-0.05, 0) is 54.4 Å². The average Bonchev–Trinajstić information content (AvgIpc) is 2.90. The molecule has 4 rings (SSSR count). The molecule has 0 aliphatic carbocycles. The standard InChI is InChI=1S/C26H23F3N4O5/c1-3-20-23(17-9-12-21(36-2)22(14-17)38-26(27,28)29)32-33(25(35)37-20)15-16-7-10-18(11-8-16)31-24(34)19-6-4-5-13-30-19/h4-14,20H,3,15H2,1-2H3,(H,31,34). The predicted molar refractivity (Wildman–Crippen MR) is 131 cm³/mol. The second kappa shape index (κ2) is 11.2. The van der Waals surface area contributed by atoms with Crippen LogP contribution >= 0.6 is 0 Å². The number of carbonyl (C=O) groups is 2. The van der Waals surface area contributed by atoms with Gasteiger partial charge in [-0.1, -0.05) is 25.1 Å². The number of methoxy groups -OCH3 is 1. The zero-order chi connectivity index (χ0) is 27.3. The molecule has 1 aliphatic heterocycles. The van der Waals surface area contributed by atoms with Crippen molar-refractivity contribution in [3.8, 4) is 11.5 Å². The second-order valence-electron chi connectivity index (χ2n) is 8.10. The van der Waals surface area contributed by atoms with Crippen LogP contribution in [-0.4, -0.2) is 47.3 Å². The van der Waals surface area contributed by atoms with Crippen molar-refractivity contribution in [2.75, 3.05) is 12.4 Å². The number of benzene rings is 2. The number of cyclic esters (lactones) is 1. The summed E-state index contributed by atoms with van der Waals surface area (Å²) in [4.78, 5) is 28.9. The Morgan fingerprint density at radius 1 is 1.11 bits per heavy atom. The maximum absolute atomic E-state index is 12.9. The zero-order valence-corrected chi connectivity index (χ0v) is 20.4. The van der Waals surface area contributed by atoms with Crippen molar-refractivity contribution in [3.63, 3.8) is 0 Å². The first-order valence-corrected chi connectivity index (χ1v) is 11.5. The topological polar surface area (TPSA) is 102 Å². The Bertz CT molecular complexity index is 1330. The molecule has 38 heavy (non-hydrogen) atoms. The Labute approximate surface area is 215 Å². The fourth-order valence-electron chi connectivity index (χ4n) is 3.69. The van der Waals surface area contributed by atoms with Gasteiger partial charge in [0, 0.05) is 17.4 Å². The Morgan fingerprint density at radius 3 is 2.50 bits per heavy atom. The van der Waals surface area contributed by atoms with E-state index in [1.807, 2.05) is 0 Å². The summed E-state index contributed by atoms with van der Waals surface area (Å²) >= 11 is 0. The van der Waals surface area contributed by atoms with Gasteiger partial charge < -0.3 is 19.5 Å². The van der Waals surface area contributed by atoms with Crippen LogP contribution in [-0.2, 0) is 11.3 Å². The third-order valence-electron chi connectivity index (χ3n) is 5.48. The van der Waals surface area contributed by atoms with Gasteiger partial charge >= 0.3 is 12.5 Å². The van der Waals surface area contributed by atoms with Crippen molar-refractivity contribution in [1.29, 1.82) is 0 Å². The molecule has 3 aromatic rings. The first-order valence-electron chi connectivity index (χ1n) is 11.5. The number of nitrogens with zero attached hydrogens (tertiary/aromatic N) is 3. The van der Waals surface area contributed by atoms with Crippen molar-refractivity contribution in [2.24, 2.45) is 5.10 Å².